The lowest BCUT2D eigenvalue weighted by atomic mass is 10.3. The minimum atomic E-state index is -4.39. The highest BCUT2D eigenvalue weighted by Crippen LogP contribution is 2.35. The number of aromatic nitrogens is 2. The van der Waals surface area contributed by atoms with Gasteiger partial charge < -0.3 is 5.32 Å². The van der Waals surface area contributed by atoms with Crippen molar-refractivity contribution in [3.05, 3.63) is 5.01 Å². The van der Waals surface area contributed by atoms with E-state index in [0.29, 0.717) is 16.6 Å². The van der Waals surface area contributed by atoms with Crippen molar-refractivity contribution in [3.8, 4) is 0 Å². The zero-order valence-corrected chi connectivity index (χ0v) is 11.5. The molecule has 0 spiro atoms. The van der Waals surface area contributed by atoms with Crippen LogP contribution in [0, 0.1) is 0 Å². The first-order valence-electron chi connectivity index (χ1n) is 5.78. The van der Waals surface area contributed by atoms with E-state index >= 15 is 0 Å². The van der Waals surface area contributed by atoms with Crippen molar-refractivity contribution in [1.29, 1.82) is 0 Å². The van der Waals surface area contributed by atoms with Gasteiger partial charge in [-0.25, -0.2) is 0 Å². The summed E-state index contributed by atoms with van der Waals surface area (Å²) in [6.07, 6.45) is -1.31. The largest absolute Gasteiger partial charge is 0.445 e. The van der Waals surface area contributed by atoms with Crippen molar-refractivity contribution in [2.45, 2.75) is 43.7 Å². The van der Waals surface area contributed by atoms with Crippen molar-refractivity contribution in [2.24, 2.45) is 0 Å². The highest BCUT2D eigenvalue weighted by Gasteiger charge is 2.36. The topological polar surface area (TPSA) is 37.8 Å². The number of rotatable bonds is 4. The Bertz CT molecular complexity index is 394. The average molecular weight is 297 g/mol. The Balaban J connectivity index is 1.89. The molecule has 1 heterocycles. The molecule has 8 heteroatoms. The first kappa shape index (κ1) is 13.9. The minimum absolute atomic E-state index is 0.225. The summed E-state index contributed by atoms with van der Waals surface area (Å²) in [7, 11) is 0. The van der Waals surface area contributed by atoms with E-state index < -0.39 is 11.2 Å². The summed E-state index contributed by atoms with van der Waals surface area (Å²) in [5.41, 5.74) is 0. The van der Waals surface area contributed by atoms with E-state index in [9.17, 15) is 13.2 Å². The van der Waals surface area contributed by atoms with E-state index in [1.807, 2.05) is 11.8 Å². The van der Waals surface area contributed by atoms with Gasteiger partial charge in [0.1, 0.15) is 0 Å². The molecule has 2 atom stereocenters. The Labute approximate surface area is 112 Å². The molecule has 0 aromatic carbocycles. The van der Waals surface area contributed by atoms with Crippen molar-refractivity contribution in [2.75, 3.05) is 11.1 Å². The van der Waals surface area contributed by atoms with E-state index in [0.717, 1.165) is 25.0 Å². The summed E-state index contributed by atoms with van der Waals surface area (Å²) in [5.74, 6) is 1.08. The summed E-state index contributed by atoms with van der Waals surface area (Å²) in [6, 6.07) is 0.225. The molecule has 1 aromatic heterocycles. The van der Waals surface area contributed by atoms with Crippen LogP contribution in [0.3, 0.4) is 0 Å². The van der Waals surface area contributed by atoms with Gasteiger partial charge in [-0.2, -0.15) is 24.9 Å². The molecule has 2 unspecified atom stereocenters. The molecule has 0 saturated heterocycles. The molecule has 1 aromatic rings. The molecule has 0 amide bonds. The van der Waals surface area contributed by atoms with Gasteiger partial charge in [0.05, 0.1) is 0 Å². The number of anilines is 1. The lowest BCUT2D eigenvalue weighted by Gasteiger charge is -2.11. The highest BCUT2D eigenvalue weighted by atomic mass is 32.2. The third kappa shape index (κ3) is 3.50. The lowest BCUT2D eigenvalue weighted by Crippen LogP contribution is -2.15. The van der Waals surface area contributed by atoms with Crippen molar-refractivity contribution < 1.29 is 13.2 Å². The summed E-state index contributed by atoms with van der Waals surface area (Å²) in [6.45, 7) is 2.12. The second kappa shape index (κ2) is 5.64. The molecule has 1 aliphatic carbocycles. The van der Waals surface area contributed by atoms with Gasteiger partial charge in [0, 0.05) is 11.3 Å². The molecule has 0 aliphatic heterocycles. The molecule has 1 aliphatic rings. The fraction of sp³-hybridized carbons (Fsp3) is 0.800. The van der Waals surface area contributed by atoms with Crippen LogP contribution in [-0.4, -0.2) is 27.2 Å². The Kier molecular flexibility index (Phi) is 4.37. The Morgan fingerprint density at radius 2 is 2.17 bits per heavy atom. The van der Waals surface area contributed by atoms with Gasteiger partial charge in [-0.1, -0.05) is 18.3 Å². The molecule has 0 bridgehead atoms. The average Bonchev–Trinajstić information content (AvgIpc) is 2.88. The predicted molar refractivity (Wildman–Crippen MR) is 68.1 cm³/mol. The van der Waals surface area contributed by atoms with E-state index in [4.69, 9.17) is 0 Å². The molecule has 1 fully saturated rings. The Morgan fingerprint density at radius 1 is 1.39 bits per heavy atom. The highest BCUT2D eigenvalue weighted by molar-refractivity contribution is 7.99. The molecule has 1 saturated carbocycles. The zero-order chi connectivity index (χ0) is 13.2. The quantitative estimate of drug-likeness (QED) is 0.920. The third-order valence-corrected chi connectivity index (χ3v) is 4.91. The third-order valence-electron chi connectivity index (χ3n) is 2.78. The maximum Gasteiger partial charge on any atom is 0.445 e. The van der Waals surface area contributed by atoms with E-state index in [1.165, 1.54) is 0 Å². The summed E-state index contributed by atoms with van der Waals surface area (Å²) < 4.78 is 37.1. The van der Waals surface area contributed by atoms with Crippen LogP contribution in [0.5, 0.6) is 0 Å². The van der Waals surface area contributed by atoms with Crippen LogP contribution in [0.1, 0.15) is 31.2 Å². The number of alkyl halides is 3. The van der Waals surface area contributed by atoms with Crippen LogP contribution in [-0.2, 0) is 6.18 Å². The van der Waals surface area contributed by atoms with Gasteiger partial charge in [-0.3, -0.25) is 0 Å². The predicted octanol–water partition coefficient (Wildman–Crippen LogP) is 3.64. The standard InChI is InChI=1S/C10H14F3N3S2/c1-2-17-7-4-3-6(5-7)14-9-16-15-8(18-9)10(11,12)13/h6-7H,2-5H2,1H3,(H,14,16). The molecule has 0 radical (unpaired) electrons. The maximum absolute atomic E-state index is 12.4. The van der Waals surface area contributed by atoms with Crippen LogP contribution >= 0.6 is 23.1 Å². The van der Waals surface area contributed by atoms with Crippen LogP contribution in [0.25, 0.3) is 0 Å². The van der Waals surface area contributed by atoms with Crippen LogP contribution in [0.4, 0.5) is 18.3 Å². The summed E-state index contributed by atoms with van der Waals surface area (Å²) >= 11 is 2.49. The van der Waals surface area contributed by atoms with Crippen LogP contribution in [0.15, 0.2) is 0 Å². The van der Waals surface area contributed by atoms with Crippen molar-refractivity contribution >= 4 is 28.2 Å². The van der Waals surface area contributed by atoms with Crippen LogP contribution < -0.4 is 5.32 Å². The Hall–Kier alpha value is -0.500. The number of hydrogen-bond donors (Lipinski definition) is 1. The SMILES string of the molecule is CCSC1CCC(Nc2nnc(C(F)(F)F)s2)C1. The van der Waals surface area contributed by atoms with Gasteiger partial charge in [-0.05, 0) is 25.0 Å². The van der Waals surface area contributed by atoms with Gasteiger partial charge in [-0.15, -0.1) is 10.2 Å². The molecule has 18 heavy (non-hydrogen) atoms. The zero-order valence-electron chi connectivity index (χ0n) is 9.83. The summed E-state index contributed by atoms with van der Waals surface area (Å²) in [5, 5.41) is 9.76. The van der Waals surface area contributed by atoms with Crippen LogP contribution in [0.2, 0.25) is 0 Å². The van der Waals surface area contributed by atoms with Gasteiger partial charge in [0.2, 0.25) is 10.1 Å². The Morgan fingerprint density at radius 3 is 2.78 bits per heavy atom. The number of halogens is 3. The molecule has 3 nitrogen and oxygen atoms in total. The fourth-order valence-electron chi connectivity index (χ4n) is 2.03. The second-order valence-electron chi connectivity index (χ2n) is 4.14. The minimum Gasteiger partial charge on any atom is -0.357 e. The maximum atomic E-state index is 12.4. The number of thioether (sulfide) groups is 1. The molecule has 102 valence electrons. The second-order valence-corrected chi connectivity index (χ2v) is 6.70. The molecular formula is C10H14F3N3S2. The van der Waals surface area contributed by atoms with Gasteiger partial charge in [0.15, 0.2) is 0 Å². The molecular weight excluding hydrogens is 283 g/mol. The molecule has 2 rings (SSSR count). The van der Waals surface area contributed by atoms with Crippen molar-refractivity contribution in [1.82, 2.24) is 10.2 Å². The first-order chi connectivity index (χ1) is 8.49. The summed E-state index contributed by atoms with van der Waals surface area (Å²) in [4.78, 5) is 0. The fourth-order valence-corrected chi connectivity index (χ4v) is 3.86. The number of hydrogen-bond acceptors (Lipinski definition) is 5. The monoisotopic (exact) mass is 297 g/mol. The van der Waals surface area contributed by atoms with Gasteiger partial charge in [0.25, 0.3) is 0 Å². The number of nitrogens with zero attached hydrogens (tertiary/aromatic N) is 2. The van der Waals surface area contributed by atoms with E-state index in [1.54, 1.807) is 0 Å². The normalized spacial score (nSPS) is 24.4. The van der Waals surface area contributed by atoms with Crippen molar-refractivity contribution in [3.63, 3.8) is 0 Å². The van der Waals surface area contributed by atoms with Gasteiger partial charge >= 0.3 is 6.18 Å². The first-order valence-corrected chi connectivity index (χ1v) is 7.64. The number of nitrogens with one attached hydrogen (secondary N) is 1. The van der Waals surface area contributed by atoms with E-state index in [2.05, 4.69) is 22.4 Å². The molecule has 1 N–H and O–H groups in total. The lowest BCUT2D eigenvalue weighted by molar-refractivity contribution is -0.138. The smallest absolute Gasteiger partial charge is 0.357 e. The van der Waals surface area contributed by atoms with E-state index in [-0.39, 0.29) is 11.2 Å².